The Morgan fingerprint density at radius 2 is 1.93 bits per heavy atom. The minimum atomic E-state index is -1.31. The van der Waals surface area contributed by atoms with Crippen molar-refractivity contribution in [2.45, 2.75) is 24.9 Å². The van der Waals surface area contributed by atoms with Crippen LogP contribution in [-0.4, -0.2) is 30.6 Å². The van der Waals surface area contributed by atoms with Gasteiger partial charge in [0.25, 0.3) is 0 Å². The number of rotatable bonds is 4. The Balaban J connectivity index is 1.65. The third-order valence-electron chi connectivity index (χ3n) is 4.78. The highest BCUT2D eigenvalue weighted by atomic mass is 19.2. The Morgan fingerprint density at radius 3 is 2.64 bits per heavy atom. The van der Waals surface area contributed by atoms with Gasteiger partial charge >= 0.3 is 11.8 Å². The van der Waals surface area contributed by atoms with Crippen LogP contribution in [0.25, 0.3) is 0 Å². The standard InChI is InChI=1S/C20H20F2N2O4/c1-28-14-5-6-15-12(9-14)3-2-8-20(15,27)11-23-18(25)19(26)24-13-4-7-16(21)17(22)10-13/h4-7,9-10,27H,2-3,8,11H2,1H3,(H,23,25)(H,24,26)/t20-/m1/s1. The number of aliphatic hydroxyl groups is 1. The topological polar surface area (TPSA) is 87.7 Å². The monoisotopic (exact) mass is 390 g/mol. The van der Waals surface area contributed by atoms with E-state index in [1.54, 1.807) is 19.2 Å². The summed E-state index contributed by atoms with van der Waals surface area (Å²) in [6, 6.07) is 8.09. The SMILES string of the molecule is COc1ccc2c(c1)CCC[C@@]2(O)CNC(=O)C(=O)Nc1ccc(F)c(F)c1. The number of halogens is 2. The molecule has 0 saturated carbocycles. The lowest BCUT2D eigenvalue weighted by Crippen LogP contribution is -2.46. The second kappa shape index (κ2) is 7.93. The Labute approximate surface area is 160 Å². The summed E-state index contributed by atoms with van der Waals surface area (Å²) >= 11 is 0. The number of hydrogen-bond acceptors (Lipinski definition) is 4. The molecular weight excluding hydrogens is 370 g/mol. The van der Waals surface area contributed by atoms with Gasteiger partial charge in [-0.25, -0.2) is 8.78 Å². The molecule has 3 N–H and O–H groups in total. The summed E-state index contributed by atoms with van der Waals surface area (Å²) in [6.45, 7) is -0.156. The molecular formula is C20H20F2N2O4. The maximum absolute atomic E-state index is 13.2. The van der Waals surface area contributed by atoms with Crippen LogP contribution in [0.3, 0.4) is 0 Å². The summed E-state index contributed by atoms with van der Waals surface area (Å²) < 4.78 is 31.3. The number of hydrogen-bond donors (Lipinski definition) is 3. The van der Waals surface area contributed by atoms with Crippen LogP contribution in [-0.2, 0) is 21.6 Å². The number of ether oxygens (including phenoxy) is 1. The highest BCUT2D eigenvalue weighted by molar-refractivity contribution is 6.39. The largest absolute Gasteiger partial charge is 0.497 e. The lowest BCUT2D eigenvalue weighted by atomic mass is 9.79. The van der Waals surface area contributed by atoms with Gasteiger partial charge in [-0.05, 0) is 54.7 Å². The van der Waals surface area contributed by atoms with Crippen molar-refractivity contribution in [2.75, 3.05) is 19.0 Å². The quantitative estimate of drug-likeness (QED) is 0.699. The summed E-state index contributed by atoms with van der Waals surface area (Å²) in [5, 5.41) is 15.6. The van der Waals surface area contributed by atoms with Crippen molar-refractivity contribution < 1.29 is 28.2 Å². The maximum atomic E-state index is 13.2. The molecule has 0 unspecified atom stereocenters. The van der Waals surface area contributed by atoms with Crippen LogP contribution >= 0.6 is 0 Å². The van der Waals surface area contributed by atoms with Gasteiger partial charge in [0, 0.05) is 11.8 Å². The zero-order chi connectivity index (χ0) is 20.3. The zero-order valence-corrected chi connectivity index (χ0v) is 15.2. The number of carbonyl (C=O) groups is 2. The van der Waals surface area contributed by atoms with E-state index in [1.807, 2.05) is 6.07 Å². The second-order valence-corrected chi connectivity index (χ2v) is 6.67. The maximum Gasteiger partial charge on any atom is 0.313 e. The number of aryl methyl sites for hydroxylation is 1. The Kier molecular flexibility index (Phi) is 5.60. The predicted octanol–water partition coefficient (Wildman–Crippen LogP) is 2.25. The van der Waals surface area contributed by atoms with Crippen LogP contribution < -0.4 is 15.4 Å². The number of carbonyl (C=O) groups excluding carboxylic acids is 2. The average Bonchev–Trinajstić information content (AvgIpc) is 2.68. The Hall–Kier alpha value is -3.00. The van der Waals surface area contributed by atoms with E-state index in [2.05, 4.69) is 10.6 Å². The minimum absolute atomic E-state index is 0.0483. The minimum Gasteiger partial charge on any atom is -0.497 e. The molecule has 0 aromatic heterocycles. The van der Waals surface area contributed by atoms with Crippen molar-refractivity contribution in [3.63, 3.8) is 0 Å². The summed E-state index contributed by atoms with van der Waals surface area (Å²) in [5.74, 6) is -3.55. The third kappa shape index (κ3) is 4.12. The molecule has 1 atom stereocenters. The van der Waals surface area contributed by atoms with E-state index in [0.29, 0.717) is 24.2 Å². The molecule has 0 saturated heterocycles. The third-order valence-corrected chi connectivity index (χ3v) is 4.78. The van der Waals surface area contributed by atoms with Crippen LogP contribution in [0, 0.1) is 11.6 Å². The second-order valence-electron chi connectivity index (χ2n) is 6.67. The van der Waals surface area contributed by atoms with Gasteiger partial charge in [0.2, 0.25) is 0 Å². The lowest BCUT2D eigenvalue weighted by Gasteiger charge is -2.34. The van der Waals surface area contributed by atoms with E-state index in [4.69, 9.17) is 4.74 Å². The fourth-order valence-corrected chi connectivity index (χ4v) is 3.32. The van der Waals surface area contributed by atoms with Crippen LogP contribution in [0.15, 0.2) is 36.4 Å². The highest BCUT2D eigenvalue weighted by Crippen LogP contribution is 2.36. The molecule has 148 valence electrons. The molecule has 0 aliphatic heterocycles. The van der Waals surface area contributed by atoms with Gasteiger partial charge < -0.3 is 20.5 Å². The molecule has 0 bridgehead atoms. The van der Waals surface area contributed by atoms with Crippen LogP contribution in [0.1, 0.15) is 24.0 Å². The number of anilines is 1. The van der Waals surface area contributed by atoms with Gasteiger partial charge in [-0.3, -0.25) is 9.59 Å². The smallest absolute Gasteiger partial charge is 0.313 e. The first kappa shape index (κ1) is 19.8. The molecule has 8 heteroatoms. The number of fused-ring (bicyclic) bond motifs is 1. The van der Waals surface area contributed by atoms with E-state index in [-0.39, 0.29) is 12.2 Å². The van der Waals surface area contributed by atoms with Crippen LogP contribution in [0.4, 0.5) is 14.5 Å². The fraction of sp³-hybridized carbons (Fsp3) is 0.300. The number of nitrogens with one attached hydrogen (secondary N) is 2. The number of amides is 2. The summed E-state index contributed by atoms with van der Waals surface area (Å²) in [5.41, 5.74) is 0.250. The van der Waals surface area contributed by atoms with Crippen molar-refractivity contribution in [2.24, 2.45) is 0 Å². The van der Waals surface area contributed by atoms with Gasteiger partial charge in [-0.2, -0.15) is 0 Å². The molecule has 3 rings (SSSR count). The van der Waals surface area contributed by atoms with Crippen LogP contribution in [0.2, 0.25) is 0 Å². The molecule has 1 aliphatic rings. The van der Waals surface area contributed by atoms with Crippen molar-refractivity contribution in [1.29, 1.82) is 0 Å². The molecule has 28 heavy (non-hydrogen) atoms. The van der Waals surface area contributed by atoms with Crippen molar-refractivity contribution in [3.8, 4) is 5.75 Å². The molecule has 1 aliphatic carbocycles. The molecule has 0 radical (unpaired) electrons. The molecule has 2 aromatic carbocycles. The van der Waals surface area contributed by atoms with Crippen molar-refractivity contribution >= 4 is 17.5 Å². The first-order chi connectivity index (χ1) is 13.3. The summed E-state index contributed by atoms with van der Waals surface area (Å²) in [7, 11) is 1.56. The van der Waals surface area contributed by atoms with Crippen molar-refractivity contribution in [3.05, 3.63) is 59.2 Å². The zero-order valence-electron chi connectivity index (χ0n) is 15.2. The number of benzene rings is 2. The fourth-order valence-electron chi connectivity index (χ4n) is 3.32. The average molecular weight is 390 g/mol. The first-order valence-electron chi connectivity index (χ1n) is 8.76. The summed E-state index contributed by atoms with van der Waals surface area (Å²) in [4.78, 5) is 24.1. The van der Waals surface area contributed by atoms with E-state index in [9.17, 15) is 23.5 Å². The predicted molar refractivity (Wildman–Crippen MR) is 97.8 cm³/mol. The molecule has 2 aromatic rings. The van der Waals surface area contributed by atoms with Gasteiger partial charge in [-0.1, -0.05) is 6.07 Å². The van der Waals surface area contributed by atoms with Crippen molar-refractivity contribution in [1.82, 2.24) is 5.32 Å². The molecule has 2 amide bonds. The van der Waals surface area contributed by atoms with Gasteiger partial charge in [-0.15, -0.1) is 0 Å². The van der Waals surface area contributed by atoms with E-state index < -0.39 is 29.0 Å². The van der Waals surface area contributed by atoms with Gasteiger partial charge in [0.15, 0.2) is 11.6 Å². The molecule has 0 heterocycles. The number of methoxy groups -OCH3 is 1. The van der Waals surface area contributed by atoms with Gasteiger partial charge in [0.1, 0.15) is 11.4 Å². The molecule has 0 fully saturated rings. The molecule has 0 spiro atoms. The van der Waals surface area contributed by atoms with E-state index in [1.165, 1.54) is 0 Å². The lowest BCUT2D eigenvalue weighted by molar-refractivity contribution is -0.137. The summed E-state index contributed by atoms with van der Waals surface area (Å²) in [6.07, 6.45) is 1.92. The first-order valence-corrected chi connectivity index (χ1v) is 8.76. The van der Waals surface area contributed by atoms with E-state index >= 15 is 0 Å². The molecule has 6 nitrogen and oxygen atoms in total. The Bertz CT molecular complexity index is 919. The Morgan fingerprint density at radius 1 is 1.14 bits per heavy atom. The van der Waals surface area contributed by atoms with Crippen LogP contribution in [0.5, 0.6) is 5.75 Å². The normalized spacial score (nSPS) is 18.1. The van der Waals surface area contributed by atoms with E-state index in [0.717, 1.165) is 30.2 Å². The van der Waals surface area contributed by atoms with Gasteiger partial charge in [0.05, 0.1) is 13.7 Å². The highest BCUT2D eigenvalue weighted by Gasteiger charge is 2.35.